The number of rotatable bonds is 14. The maximum atomic E-state index is 14.8. The molecule has 1 N–H and O–H groups in total. The lowest BCUT2D eigenvalue weighted by Gasteiger charge is -2.35. The van der Waals surface area contributed by atoms with Crippen molar-refractivity contribution in [2.45, 2.75) is 62.0 Å². The molecule has 0 saturated carbocycles. The molecular formula is C37H41Cl2N3O5S2. The second-order valence-electron chi connectivity index (χ2n) is 12.3. The van der Waals surface area contributed by atoms with E-state index in [2.05, 4.69) is 5.32 Å². The molecule has 4 aromatic rings. The molecule has 8 nitrogen and oxygen atoms in total. The Labute approximate surface area is 303 Å². The summed E-state index contributed by atoms with van der Waals surface area (Å²) >= 11 is 14.7. The molecule has 0 unspecified atom stereocenters. The SMILES string of the molecule is CCOc1ccccc1N(CC(=O)N(Cc1c(Cl)cccc1Cl)[C@H](Cc1ccccc1)C(=O)NC(C)(C)C)S(=O)(=O)c1ccc(SC)cc1. The van der Waals surface area contributed by atoms with Crippen molar-refractivity contribution in [1.29, 1.82) is 0 Å². The van der Waals surface area contributed by atoms with Crippen LogP contribution in [0.4, 0.5) is 5.69 Å². The molecule has 12 heteroatoms. The summed E-state index contributed by atoms with van der Waals surface area (Å²) in [5.41, 5.74) is 0.788. The van der Waals surface area contributed by atoms with Gasteiger partial charge in [0, 0.05) is 39.0 Å². The Hall–Kier alpha value is -3.70. The van der Waals surface area contributed by atoms with Gasteiger partial charge >= 0.3 is 0 Å². The first kappa shape index (κ1) is 38.1. The van der Waals surface area contributed by atoms with E-state index >= 15 is 0 Å². The highest BCUT2D eigenvalue weighted by Gasteiger charge is 2.37. The minimum absolute atomic E-state index is 0.00332. The smallest absolute Gasteiger partial charge is 0.264 e. The van der Waals surface area contributed by atoms with Gasteiger partial charge in [-0.1, -0.05) is 71.7 Å². The van der Waals surface area contributed by atoms with Gasteiger partial charge in [-0.05, 0) is 88.0 Å². The van der Waals surface area contributed by atoms with Gasteiger partial charge in [-0.25, -0.2) is 8.42 Å². The van der Waals surface area contributed by atoms with E-state index in [4.69, 9.17) is 27.9 Å². The number of benzene rings is 4. The molecule has 1 atom stereocenters. The molecule has 0 aliphatic heterocycles. The van der Waals surface area contributed by atoms with Gasteiger partial charge in [-0.15, -0.1) is 11.8 Å². The summed E-state index contributed by atoms with van der Waals surface area (Å²) in [4.78, 5) is 31.2. The molecule has 0 saturated heterocycles. The van der Waals surface area contributed by atoms with E-state index in [1.54, 1.807) is 61.5 Å². The molecule has 0 aliphatic rings. The average Bonchev–Trinajstić information content (AvgIpc) is 3.06. The topological polar surface area (TPSA) is 96.0 Å². The molecule has 49 heavy (non-hydrogen) atoms. The molecule has 260 valence electrons. The summed E-state index contributed by atoms with van der Waals surface area (Å²) in [6.45, 7) is 6.81. The number of carbonyl (C=O) groups is 2. The van der Waals surface area contributed by atoms with Crippen molar-refractivity contribution >= 4 is 62.5 Å². The highest BCUT2D eigenvalue weighted by Crippen LogP contribution is 2.34. The Balaban J connectivity index is 1.89. The lowest BCUT2D eigenvalue weighted by Crippen LogP contribution is -2.56. The third-order valence-corrected chi connectivity index (χ3v) is 10.7. The Kier molecular flexibility index (Phi) is 13.1. The van der Waals surface area contributed by atoms with Crippen LogP contribution in [0.15, 0.2) is 107 Å². The van der Waals surface area contributed by atoms with Gasteiger partial charge in [0.05, 0.1) is 17.2 Å². The van der Waals surface area contributed by atoms with Gasteiger partial charge in [0.25, 0.3) is 10.0 Å². The fraction of sp³-hybridized carbons (Fsp3) is 0.297. The van der Waals surface area contributed by atoms with Crippen molar-refractivity contribution in [3.8, 4) is 5.75 Å². The fourth-order valence-electron chi connectivity index (χ4n) is 5.19. The zero-order chi connectivity index (χ0) is 35.8. The summed E-state index contributed by atoms with van der Waals surface area (Å²) < 4.78 is 35.8. The third kappa shape index (κ3) is 9.94. The van der Waals surface area contributed by atoms with Crippen LogP contribution in [-0.4, -0.2) is 56.1 Å². The van der Waals surface area contributed by atoms with Gasteiger partial charge < -0.3 is 15.0 Å². The number of thioether (sulfide) groups is 1. The number of anilines is 1. The Morgan fingerprint density at radius 3 is 2.08 bits per heavy atom. The molecular weight excluding hydrogens is 701 g/mol. The molecule has 0 heterocycles. The second kappa shape index (κ2) is 16.8. The number of carbonyl (C=O) groups excluding carboxylic acids is 2. The van der Waals surface area contributed by atoms with Crippen molar-refractivity contribution < 1.29 is 22.7 Å². The highest BCUT2D eigenvalue weighted by molar-refractivity contribution is 7.98. The number of halogens is 2. The molecule has 0 fully saturated rings. The van der Waals surface area contributed by atoms with Crippen LogP contribution in [0.3, 0.4) is 0 Å². The normalized spacial score (nSPS) is 12.2. The Morgan fingerprint density at radius 1 is 0.878 bits per heavy atom. The fourth-order valence-corrected chi connectivity index (χ4v) is 7.54. The number of nitrogens with zero attached hydrogens (tertiary/aromatic N) is 2. The molecule has 0 bridgehead atoms. The molecule has 0 aliphatic carbocycles. The standard InChI is InChI=1S/C37H41Cl2N3O5S2/c1-6-47-34-18-11-10-17-32(34)42(49(45,46)28-21-19-27(48-5)20-22-28)25-35(43)41(24-29-30(38)15-12-16-31(29)39)33(36(44)40-37(2,3)4)23-26-13-8-7-9-14-26/h7-22,33H,6,23-25H2,1-5H3,(H,40,44)/t33-/m1/s1. The predicted octanol–water partition coefficient (Wildman–Crippen LogP) is 7.86. The van der Waals surface area contributed by atoms with E-state index in [9.17, 15) is 18.0 Å². The first-order valence-electron chi connectivity index (χ1n) is 15.7. The number of hydrogen-bond acceptors (Lipinski definition) is 6. The van der Waals surface area contributed by atoms with E-state index in [-0.39, 0.29) is 35.9 Å². The van der Waals surface area contributed by atoms with Gasteiger partial charge in [0.1, 0.15) is 18.3 Å². The highest BCUT2D eigenvalue weighted by atomic mass is 35.5. The molecule has 4 aromatic carbocycles. The van der Waals surface area contributed by atoms with E-state index in [1.165, 1.54) is 28.8 Å². The number of ether oxygens (including phenoxy) is 1. The Bertz CT molecular complexity index is 1830. The maximum Gasteiger partial charge on any atom is 0.264 e. The van der Waals surface area contributed by atoms with Crippen LogP contribution in [0.2, 0.25) is 10.0 Å². The molecule has 4 rings (SSSR count). The van der Waals surface area contributed by atoms with Crippen LogP contribution in [0.25, 0.3) is 0 Å². The van der Waals surface area contributed by atoms with E-state index in [0.29, 0.717) is 15.6 Å². The third-order valence-electron chi connectivity index (χ3n) is 7.52. The second-order valence-corrected chi connectivity index (χ2v) is 15.8. The zero-order valence-electron chi connectivity index (χ0n) is 28.2. The van der Waals surface area contributed by atoms with E-state index in [0.717, 1.165) is 14.8 Å². The van der Waals surface area contributed by atoms with Crippen molar-refractivity contribution in [2.75, 3.05) is 23.7 Å². The summed E-state index contributed by atoms with van der Waals surface area (Å²) in [6.07, 6.45) is 2.04. The summed E-state index contributed by atoms with van der Waals surface area (Å²) in [6, 6.07) is 26.4. The summed E-state index contributed by atoms with van der Waals surface area (Å²) in [7, 11) is -4.33. The Morgan fingerprint density at radius 2 is 1.49 bits per heavy atom. The summed E-state index contributed by atoms with van der Waals surface area (Å²) in [5, 5.41) is 3.63. The van der Waals surface area contributed by atoms with Crippen LogP contribution in [0.1, 0.15) is 38.8 Å². The van der Waals surface area contributed by atoms with Crippen LogP contribution >= 0.6 is 35.0 Å². The van der Waals surface area contributed by atoms with Gasteiger partial charge in [-0.3, -0.25) is 13.9 Å². The lowest BCUT2D eigenvalue weighted by atomic mass is 10.0. The van der Waals surface area contributed by atoms with E-state index < -0.39 is 40.0 Å². The number of amides is 2. The van der Waals surface area contributed by atoms with Crippen molar-refractivity contribution in [3.63, 3.8) is 0 Å². The first-order valence-corrected chi connectivity index (χ1v) is 19.1. The minimum atomic E-state index is -4.33. The minimum Gasteiger partial charge on any atom is -0.492 e. The molecule has 0 spiro atoms. The number of sulfonamides is 1. The van der Waals surface area contributed by atoms with Gasteiger partial charge in [0.2, 0.25) is 11.8 Å². The van der Waals surface area contributed by atoms with Crippen LogP contribution < -0.4 is 14.4 Å². The maximum absolute atomic E-state index is 14.8. The van der Waals surface area contributed by atoms with Gasteiger partial charge in [-0.2, -0.15) is 0 Å². The molecule has 0 radical (unpaired) electrons. The van der Waals surface area contributed by atoms with Crippen molar-refractivity contribution in [3.05, 3.63) is 118 Å². The lowest BCUT2D eigenvalue weighted by molar-refractivity contribution is -0.140. The van der Waals surface area contributed by atoms with Crippen LogP contribution in [0.5, 0.6) is 5.75 Å². The van der Waals surface area contributed by atoms with Crippen LogP contribution in [0, 0.1) is 0 Å². The number of nitrogens with one attached hydrogen (secondary N) is 1. The zero-order valence-corrected chi connectivity index (χ0v) is 31.3. The van der Waals surface area contributed by atoms with Crippen molar-refractivity contribution in [1.82, 2.24) is 10.2 Å². The monoisotopic (exact) mass is 741 g/mol. The van der Waals surface area contributed by atoms with Crippen LogP contribution in [-0.2, 0) is 32.6 Å². The quantitative estimate of drug-likeness (QED) is 0.132. The number of hydrogen-bond donors (Lipinski definition) is 1. The van der Waals surface area contributed by atoms with Crippen molar-refractivity contribution in [2.24, 2.45) is 0 Å². The molecule has 0 aromatic heterocycles. The average molecular weight is 743 g/mol. The van der Waals surface area contributed by atoms with Gasteiger partial charge in [0.15, 0.2) is 0 Å². The first-order chi connectivity index (χ1) is 23.2. The number of para-hydroxylation sites is 2. The largest absolute Gasteiger partial charge is 0.492 e. The van der Waals surface area contributed by atoms with E-state index in [1.807, 2.05) is 57.4 Å². The summed E-state index contributed by atoms with van der Waals surface area (Å²) in [5.74, 6) is -0.768. The predicted molar refractivity (Wildman–Crippen MR) is 199 cm³/mol. The molecule has 2 amide bonds.